The van der Waals surface area contributed by atoms with Crippen LogP contribution in [0.15, 0.2) is 60.9 Å². The Morgan fingerprint density at radius 3 is 2.83 bits per heavy atom. The fourth-order valence-corrected chi connectivity index (χ4v) is 2.29. The van der Waals surface area contributed by atoms with Crippen LogP contribution in [0.2, 0.25) is 0 Å². The van der Waals surface area contributed by atoms with E-state index in [1.807, 2.05) is 47.3 Å². The molecule has 0 radical (unpaired) electrons. The first kappa shape index (κ1) is 15.7. The molecule has 0 aliphatic rings. The summed E-state index contributed by atoms with van der Waals surface area (Å²) < 4.78 is 6.84. The van der Waals surface area contributed by atoms with Crippen molar-refractivity contribution in [3.8, 4) is 11.6 Å². The van der Waals surface area contributed by atoms with Crippen LogP contribution in [0.1, 0.15) is 16.1 Å². The Morgan fingerprint density at radius 1 is 1.21 bits per heavy atom. The number of nitrogens with zero attached hydrogens (tertiary/aromatic N) is 3. The zero-order chi connectivity index (χ0) is 16.8. The molecule has 2 heterocycles. The number of carbonyl (C=O) groups is 1. The van der Waals surface area contributed by atoms with E-state index in [2.05, 4.69) is 15.4 Å². The van der Waals surface area contributed by atoms with E-state index in [0.717, 1.165) is 11.4 Å². The Labute approximate surface area is 140 Å². The minimum Gasteiger partial charge on any atom is -0.481 e. The molecule has 1 amide bonds. The summed E-state index contributed by atoms with van der Waals surface area (Å²) in [5.74, 6) is 0.266. The average Bonchev–Trinajstić information content (AvgIpc) is 3.11. The van der Waals surface area contributed by atoms with Crippen molar-refractivity contribution < 1.29 is 9.53 Å². The topological polar surface area (TPSA) is 69.0 Å². The van der Waals surface area contributed by atoms with Crippen LogP contribution < -0.4 is 10.1 Å². The van der Waals surface area contributed by atoms with Crippen LogP contribution in [0.3, 0.4) is 0 Å². The molecule has 0 unspecified atom stereocenters. The number of ether oxygens (including phenoxy) is 1. The van der Waals surface area contributed by atoms with Gasteiger partial charge in [-0.15, -0.1) is 0 Å². The van der Waals surface area contributed by atoms with Crippen LogP contribution in [-0.4, -0.2) is 34.3 Å². The van der Waals surface area contributed by atoms with Crippen molar-refractivity contribution in [1.29, 1.82) is 0 Å². The first-order valence-electron chi connectivity index (χ1n) is 7.64. The Kier molecular flexibility index (Phi) is 4.86. The second-order valence-corrected chi connectivity index (χ2v) is 5.18. The smallest absolute Gasteiger partial charge is 0.251 e. The standard InChI is InChI=1S/C18H18N4O2/c1-24-17-13-14(7-10-19-17)18(23)20-11-8-15-9-12-22(21-15)16-5-3-2-4-6-16/h2-7,9-10,12-13H,8,11H2,1H3,(H,20,23). The Morgan fingerprint density at radius 2 is 2.04 bits per heavy atom. The Bertz CT molecular complexity index is 815. The van der Waals surface area contributed by atoms with Crippen LogP contribution in [0.4, 0.5) is 0 Å². The number of methoxy groups -OCH3 is 1. The highest BCUT2D eigenvalue weighted by atomic mass is 16.5. The van der Waals surface area contributed by atoms with Crippen molar-refractivity contribution in [2.45, 2.75) is 6.42 Å². The molecule has 1 N–H and O–H groups in total. The summed E-state index contributed by atoms with van der Waals surface area (Å²) in [7, 11) is 1.52. The number of para-hydroxylation sites is 1. The van der Waals surface area contributed by atoms with E-state index in [0.29, 0.717) is 24.4 Å². The molecule has 0 aliphatic heterocycles. The van der Waals surface area contributed by atoms with Gasteiger partial charge in [0.15, 0.2) is 0 Å². The first-order valence-corrected chi connectivity index (χ1v) is 7.64. The third kappa shape index (κ3) is 3.78. The molecule has 3 rings (SSSR count). The third-order valence-electron chi connectivity index (χ3n) is 3.54. The molecule has 6 nitrogen and oxygen atoms in total. The van der Waals surface area contributed by atoms with E-state index in [4.69, 9.17) is 4.74 Å². The van der Waals surface area contributed by atoms with Crippen molar-refractivity contribution in [3.05, 3.63) is 72.2 Å². The summed E-state index contributed by atoms with van der Waals surface area (Å²) in [6, 6.07) is 15.1. The van der Waals surface area contributed by atoms with E-state index in [1.165, 1.54) is 7.11 Å². The van der Waals surface area contributed by atoms with Gasteiger partial charge in [-0.3, -0.25) is 4.79 Å². The van der Waals surface area contributed by atoms with Gasteiger partial charge in [-0.1, -0.05) is 18.2 Å². The number of nitrogens with one attached hydrogen (secondary N) is 1. The van der Waals surface area contributed by atoms with Crippen molar-refractivity contribution >= 4 is 5.91 Å². The number of hydrogen-bond donors (Lipinski definition) is 1. The maximum atomic E-state index is 12.1. The number of carbonyl (C=O) groups excluding carboxylic acids is 1. The zero-order valence-corrected chi connectivity index (χ0v) is 13.3. The number of aromatic nitrogens is 3. The van der Waals surface area contributed by atoms with E-state index in [1.54, 1.807) is 18.3 Å². The van der Waals surface area contributed by atoms with Gasteiger partial charge in [-0.25, -0.2) is 9.67 Å². The lowest BCUT2D eigenvalue weighted by atomic mass is 10.2. The van der Waals surface area contributed by atoms with Gasteiger partial charge >= 0.3 is 0 Å². The van der Waals surface area contributed by atoms with Crippen LogP contribution in [-0.2, 0) is 6.42 Å². The number of benzene rings is 1. The molecule has 2 aromatic heterocycles. The van der Waals surface area contributed by atoms with Gasteiger partial charge in [0.1, 0.15) is 0 Å². The molecule has 3 aromatic rings. The minimum absolute atomic E-state index is 0.154. The fraction of sp³-hybridized carbons (Fsp3) is 0.167. The predicted molar refractivity (Wildman–Crippen MR) is 90.4 cm³/mol. The van der Waals surface area contributed by atoms with E-state index in [-0.39, 0.29) is 5.91 Å². The molecular weight excluding hydrogens is 304 g/mol. The maximum absolute atomic E-state index is 12.1. The molecule has 0 fully saturated rings. The second-order valence-electron chi connectivity index (χ2n) is 5.18. The molecule has 24 heavy (non-hydrogen) atoms. The molecule has 122 valence electrons. The van der Waals surface area contributed by atoms with Crippen molar-refractivity contribution in [2.24, 2.45) is 0 Å². The highest BCUT2D eigenvalue weighted by molar-refractivity contribution is 5.94. The summed E-state index contributed by atoms with van der Waals surface area (Å²) in [6.07, 6.45) is 4.13. The lowest BCUT2D eigenvalue weighted by Crippen LogP contribution is -2.25. The van der Waals surface area contributed by atoms with Crippen molar-refractivity contribution in [3.63, 3.8) is 0 Å². The van der Waals surface area contributed by atoms with Crippen LogP contribution in [0.25, 0.3) is 5.69 Å². The quantitative estimate of drug-likeness (QED) is 0.756. The Hall–Kier alpha value is -3.15. The summed E-state index contributed by atoms with van der Waals surface area (Å²) in [6.45, 7) is 0.509. The highest BCUT2D eigenvalue weighted by Crippen LogP contribution is 2.09. The highest BCUT2D eigenvalue weighted by Gasteiger charge is 2.07. The average molecular weight is 322 g/mol. The summed E-state index contributed by atoms with van der Waals surface area (Å²) in [5, 5.41) is 7.39. The van der Waals surface area contributed by atoms with Gasteiger partial charge < -0.3 is 10.1 Å². The molecule has 0 saturated carbocycles. The first-order chi connectivity index (χ1) is 11.8. The predicted octanol–water partition coefficient (Wildman–Crippen LogP) is 2.25. The van der Waals surface area contributed by atoms with Gasteiger partial charge in [0, 0.05) is 37.0 Å². The molecule has 0 atom stereocenters. The van der Waals surface area contributed by atoms with Crippen molar-refractivity contribution in [2.75, 3.05) is 13.7 Å². The molecule has 1 aromatic carbocycles. The van der Waals surface area contributed by atoms with E-state index < -0.39 is 0 Å². The largest absolute Gasteiger partial charge is 0.481 e. The fourth-order valence-electron chi connectivity index (χ4n) is 2.29. The van der Waals surface area contributed by atoms with Crippen LogP contribution in [0.5, 0.6) is 5.88 Å². The van der Waals surface area contributed by atoms with Crippen LogP contribution in [0, 0.1) is 0 Å². The molecule has 0 aliphatic carbocycles. The van der Waals surface area contributed by atoms with Gasteiger partial charge in [0.25, 0.3) is 5.91 Å². The van der Waals surface area contributed by atoms with E-state index >= 15 is 0 Å². The number of amides is 1. The molecular formula is C18H18N4O2. The number of hydrogen-bond acceptors (Lipinski definition) is 4. The number of rotatable bonds is 6. The minimum atomic E-state index is -0.154. The summed E-state index contributed by atoms with van der Waals surface area (Å²) >= 11 is 0. The molecule has 0 saturated heterocycles. The maximum Gasteiger partial charge on any atom is 0.251 e. The number of pyridine rings is 1. The van der Waals surface area contributed by atoms with Crippen LogP contribution >= 0.6 is 0 Å². The normalized spacial score (nSPS) is 10.4. The summed E-state index contributed by atoms with van der Waals surface area (Å²) in [5.41, 5.74) is 2.46. The van der Waals surface area contributed by atoms with Crippen molar-refractivity contribution in [1.82, 2.24) is 20.1 Å². The van der Waals surface area contributed by atoms with Gasteiger partial charge in [-0.2, -0.15) is 5.10 Å². The summed E-state index contributed by atoms with van der Waals surface area (Å²) in [4.78, 5) is 16.1. The van der Waals surface area contributed by atoms with Gasteiger partial charge in [0.2, 0.25) is 5.88 Å². The molecule has 0 bridgehead atoms. The lowest BCUT2D eigenvalue weighted by Gasteiger charge is -2.05. The molecule has 0 spiro atoms. The monoisotopic (exact) mass is 322 g/mol. The second kappa shape index (κ2) is 7.41. The van der Waals surface area contributed by atoms with Gasteiger partial charge in [-0.05, 0) is 24.3 Å². The Balaban J connectivity index is 1.55. The third-order valence-corrected chi connectivity index (χ3v) is 3.54. The van der Waals surface area contributed by atoms with Gasteiger partial charge in [0.05, 0.1) is 18.5 Å². The van der Waals surface area contributed by atoms with E-state index in [9.17, 15) is 4.79 Å². The molecule has 6 heteroatoms. The SMILES string of the molecule is COc1cc(C(=O)NCCc2ccn(-c3ccccc3)n2)ccn1. The zero-order valence-electron chi connectivity index (χ0n) is 13.3. The lowest BCUT2D eigenvalue weighted by molar-refractivity contribution is 0.0953.